The fourth-order valence-corrected chi connectivity index (χ4v) is 4.84. The highest BCUT2D eigenvalue weighted by Gasteiger charge is 2.37. The first-order chi connectivity index (χ1) is 17.3. The van der Waals surface area contributed by atoms with E-state index in [1.807, 2.05) is 0 Å². The van der Waals surface area contributed by atoms with Crippen molar-refractivity contribution in [2.24, 2.45) is 0 Å². The number of morpholine rings is 1. The molecule has 0 aromatic heterocycles. The van der Waals surface area contributed by atoms with Crippen LogP contribution in [0.3, 0.4) is 0 Å². The molecule has 0 aliphatic carbocycles. The fraction of sp³-hybridized carbons (Fsp3) is 0.250. The fourth-order valence-electron chi connectivity index (χ4n) is 3.53. The van der Waals surface area contributed by atoms with E-state index in [1.54, 1.807) is 23.1 Å². The van der Waals surface area contributed by atoms with Crippen LogP contribution in [-0.2, 0) is 14.3 Å². The van der Waals surface area contributed by atoms with Crippen LogP contribution in [0.1, 0.15) is 15.9 Å². The Kier molecular flexibility index (Phi) is 8.20. The second kappa shape index (κ2) is 11.3. The van der Waals surface area contributed by atoms with Gasteiger partial charge in [-0.25, -0.2) is 4.79 Å². The van der Waals surface area contributed by atoms with Crippen LogP contribution in [-0.4, -0.2) is 72.8 Å². The van der Waals surface area contributed by atoms with Gasteiger partial charge in [0.25, 0.3) is 11.1 Å². The number of hydrogen-bond donors (Lipinski definition) is 0. The van der Waals surface area contributed by atoms with Crippen LogP contribution >= 0.6 is 35.0 Å². The molecule has 0 saturated carbocycles. The molecular formula is C24H20Cl2N2O7S. The molecule has 2 aliphatic rings. The summed E-state index contributed by atoms with van der Waals surface area (Å²) in [5, 5.41) is -0.282. The zero-order valence-corrected chi connectivity index (χ0v) is 21.3. The lowest BCUT2D eigenvalue weighted by Crippen LogP contribution is -2.46. The van der Waals surface area contributed by atoms with Crippen LogP contribution in [0.5, 0.6) is 11.5 Å². The number of ether oxygens (including phenoxy) is 3. The van der Waals surface area contributed by atoms with E-state index in [4.69, 9.17) is 37.4 Å². The van der Waals surface area contributed by atoms with Gasteiger partial charge in [0.15, 0.2) is 11.5 Å². The summed E-state index contributed by atoms with van der Waals surface area (Å²) in [6.45, 7) is 1.32. The summed E-state index contributed by atoms with van der Waals surface area (Å²) in [5.74, 6) is -1.52. The van der Waals surface area contributed by atoms with Gasteiger partial charge in [-0.1, -0.05) is 35.3 Å². The molecule has 0 unspecified atom stereocenters. The Balaban J connectivity index is 1.52. The van der Waals surface area contributed by atoms with Crippen molar-refractivity contribution in [2.75, 3.05) is 40.0 Å². The average molecular weight is 551 g/mol. The van der Waals surface area contributed by atoms with Gasteiger partial charge in [-0.3, -0.25) is 19.3 Å². The Hall–Kier alpha value is -3.05. The number of esters is 1. The topological polar surface area (TPSA) is 102 Å². The first-order valence-electron chi connectivity index (χ1n) is 10.7. The number of methoxy groups -OCH3 is 1. The molecule has 4 rings (SSSR count). The number of benzene rings is 2. The van der Waals surface area contributed by atoms with E-state index in [9.17, 15) is 19.2 Å². The third kappa shape index (κ3) is 5.67. The Bertz CT molecular complexity index is 1260. The molecule has 2 fully saturated rings. The molecule has 0 spiro atoms. The van der Waals surface area contributed by atoms with Crippen molar-refractivity contribution in [1.29, 1.82) is 0 Å². The maximum Gasteiger partial charge on any atom is 0.345 e. The molecular weight excluding hydrogens is 531 g/mol. The number of halogens is 2. The predicted octanol–water partition coefficient (Wildman–Crippen LogP) is 4.12. The Morgan fingerprint density at radius 2 is 1.83 bits per heavy atom. The molecule has 2 aliphatic heterocycles. The zero-order chi connectivity index (χ0) is 25.8. The average Bonchev–Trinajstić information content (AvgIpc) is 3.13. The highest BCUT2D eigenvalue weighted by molar-refractivity contribution is 8.18. The number of imide groups is 1. The molecule has 188 valence electrons. The Labute approximate surface area is 220 Å². The van der Waals surface area contributed by atoms with Gasteiger partial charge in [0.2, 0.25) is 5.91 Å². The molecule has 3 amide bonds. The second-order valence-corrected chi connectivity index (χ2v) is 9.47. The van der Waals surface area contributed by atoms with Crippen molar-refractivity contribution < 1.29 is 33.4 Å². The van der Waals surface area contributed by atoms with Crippen LogP contribution in [0, 0.1) is 0 Å². The molecule has 0 radical (unpaired) electrons. The summed E-state index contributed by atoms with van der Waals surface area (Å²) in [5.41, 5.74) is 0.584. The van der Waals surface area contributed by atoms with E-state index >= 15 is 0 Å². The molecule has 9 nitrogen and oxygen atoms in total. The van der Waals surface area contributed by atoms with E-state index < -0.39 is 17.1 Å². The van der Waals surface area contributed by atoms with Crippen molar-refractivity contribution >= 4 is 64.1 Å². The smallest absolute Gasteiger partial charge is 0.345 e. The van der Waals surface area contributed by atoms with Gasteiger partial charge < -0.3 is 19.1 Å². The largest absolute Gasteiger partial charge is 0.493 e. The van der Waals surface area contributed by atoms with E-state index in [2.05, 4.69) is 0 Å². The molecule has 2 saturated heterocycles. The maximum absolute atomic E-state index is 12.9. The quantitative estimate of drug-likeness (QED) is 0.300. The third-order valence-electron chi connectivity index (χ3n) is 5.37. The van der Waals surface area contributed by atoms with Gasteiger partial charge in [-0.2, -0.15) is 0 Å². The molecule has 2 aromatic carbocycles. The third-order valence-corrected chi connectivity index (χ3v) is 6.89. The summed E-state index contributed by atoms with van der Waals surface area (Å²) in [4.78, 5) is 53.0. The standard InChI is InChI=1S/C24H20Cl2N2O7S/c1-33-18-11-14(10-17(26)21(18)35-23(31)15-4-2-3-5-16(15)25)12-19-22(30)28(24(32)36-19)13-20(29)27-6-8-34-9-7-27/h2-5,10-12H,6-9,13H2,1H3/b19-12-. The summed E-state index contributed by atoms with van der Waals surface area (Å²) in [6.07, 6.45) is 1.46. The molecule has 2 heterocycles. The second-order valence-electron chi connectivity index (χ2n) is 7.66. The van der Waals surface area contributed by atoms with Crippen LogP contribution in [0.15, 0.2) is 41.3 Å². The van der Waals surface area contributed by atoms with Crippen LogP contribution < -0.4 is 9.47 Å². The van der Waals surface area contributed by atoms with E-state index in [0.717, 1.165) is 16.7 Å². The molecule has 0 atom stereocenters. The minimum atomic E-state index is -0.723. The van der Waals surface area contributed by atoms with Gasteiger partial charge in [-0.05, 0) is 47.7 Å². The molecule has 12 heteroatoms. The number of hydrogen-bond acceptors (Lipinski definition) is 8. The van der Waals surface area contributed by atoms with Gasteiger partial charge >= 0.3 is 5.97 Å². The lowest BCUT2D eigenvalue weighted by Gasteiger charge is -2.28. The highest BCUT2D eigenvalue weighted by Crippen LogP contribution is 2.39. The Morgan fingerprint density at radius 3 is 2.53 bits per heavy atom. The van der Waals surface area contributed by atoms with E-state index in [-0.39, 0.29) is 44.5 Å². The lowest BCUT2D eigenvalue weighted by molar-refractivity contribution is -0.139. The highest BCUT2D eigenvalue weighted by atomic mass is 35.5. The summed E-state index contributed by atoms with van der Waals surface area (Å²) in [7, 11) is 1.37. The van der Waals surface area contributed by atoms with Crippen molar-refractivity contribution in [3.8, 4) is 11.5 Å². The van der Waals surface area contributed by atoms with E-state index in [1.165, 1.54) is 31.4 Å². The molecule has 0 N–H and O–H groups in total. The van der Waals surface area contributed by atoms with Gasteiger partial charge in [0.1, 0.15) is 6.54 Å². The predicted molar refractivity (Wildman–Crippen MR) is 134 cm³/mol. The number of carbonyl (C=O) groups excluding carboxylic acids is 4. The number of thioether (sulfide) groups is 1. The van der Waals surface area contributed by atoms with Crippen LogP contribution in [0.2, 0.25) is 10.0 Å². The van der Waals surface area contributed by atoms with Gasteiger partial charge in [0, 0.05) is 13.1 Å². The zero-order valence-electron chi connectivity index (χ0n) is 19.0. The minimum Gasteiger partial charge on any atom is -0.493 e. The number of carbonyl (C=O) groups is 4. The van der Waals surface area contributed by atoms with Gasteiger partial charge in [0.05, 0.1) is 40.8 Å². The lowest BCUT2D eigenvalue weighted by atomic mass is 10.1. The first kappa shape index (κ1) is 26.0. The van der Waals surface area contributed by atoms with E-state index in [0.29, 0.717) is 31.9 Å². The number of nitrogens with zero attached hydrogens (tertiary/aromatic N) is 2. The van der Waals surface area contributed by atoms with Crippen LogP contribution in [0.25, 0.3) is 6.08 Å². The first-order valence-corrected chi connectivity index (χ1v) is 12.3. The van der Waals surface area contributed by atoms with Crippen LogP contribution in [0.4, 0.5) is 4.79 Å². The summed E-state index contributed by atoms with van der Waals surface area (Å²) < 4.78 is 16.0. The molecule has 2 aromatic rings. The van der Waals surface area contributed by atoms with Crippen molar-refractivity contribution in [1.82, 2.24) is 9.80 Å². The minimum absolute atomic E-state index is 0.0227. The molecule has 36 heavy (non-hydrogen) atoms. The van der Waals surface area contributed by atoms with Crippen molar-refractivity contribution in [3.63, 3.8) is 0 Å². The monoisotopic (exact) mass is 550 g/mol. The normalized spacial score (nSPS) is 17.0. The Morgan fingerprint density at radius 1 is 1.11 bits per heavy atom. The SMILES string of the molecule is COc1cc(/C=C2\SC(=O)N(CC(=O)N3CCOCC3)C2=O)cc(Cl)c1OC(=O)c1ccccc1Cl. The number of amides is 3. The summed E-state index contributed by atoms with van der Waals surface area (Å²) in [6, 6.07) is 9.37. The number of rotatable bonds is 6. The maximum atomic E-state index is 12.9. The van der Waals surface area contributed by atoms with Crippen molar-refractivity contribution in [3.05, 3.63) is 62.5 Å². The van der Waals surface area contributed by atoms with Gasteiger partial charge in [-0.15, -0.1) is 0 Å². The van der Waals surface area contributed by atoms with Crippen molar-refractivity contribution in [2.45, 2.75) is 0 Å². The summed E-state index contributed by atoms with van der Waals surface area (Å²) >= 11 is 13.2. The molecule has 0 bridgehead atoms.